The second kappa shape index (κ2) is 5.48. The minimum Gasteiger partial charge on any atom is -0.316 e. The second-order valence-electron chi connectivity index (χ2n) is 5.70. The molecular formula is C13H27N3. The van der Waals surface area contributed by atoms with E-state index in [1.165, 1.54) is 45.7 Å². The molecule has 0 aromatic carbocycles. The first-order valence-electron chi connectivity index (χ1n) is 6.84. The van der Waals surface area contributed by atoms with E-state index in [1.807, 2.05) is 0 Å². The Labute approximate surface area is 100 Å². The Morgan fingerprint density at radius 1 is 1.25 bits per heavy atom. The predicted molar refractivity (Wildman–Crippen MR) is 68.7 cm³/mol. The van der Waals surface area contributed by atoms with Crippen molar-refractivity contribution in [1.82, 2.24) is 15.1 Å². The molecule has 0 radical (unpaired) electrons. The Balaban J connectivity index is 1.81. The Hall–Kier alpha value is -0.120. The van der Waals surface area contributed by atoms with Crippen LogP contribution in [0.1, 0.15) is 20.3 Å². The molecule has 2 aliphatic rings. The van der Waals surface area contributed by atoms with Crippen LogP contribution in [0.5, 0.6) is 0 Å². The third kappa shape index (κ3) is 2.76. The highest BCUT2D eigenvalue weighted by molar-refractivity contribution is 4.85. The molecular weight excluding hydrogens is 198 g/mol. The third-order valence-corrected chi connectivity index (χ3v) is 4.50. The lowest BCUT2D eigenvalue weighted by atomic mass is 9.97. The molecule has 2 aliphatic heterocycles. The maximum absolute atomic E-state index is 3.51. The van der Waals surface area contributed by atoms with Crippen molar-refractivity contribution in [3.63, 3.8) is 0 Å². The average Bonchev–Trinajstić information content (AvgIpc) is 2.67. The molecule has 0 aliphatic carbocycles. The van der Waals surface area contributed by atoms with Gasteiger partial charge in [0.05, 0.1) is 0 Å². The maximum atomic E-state index is 3.51. The van der Waals surface area contributed by atoms with Gasteiger partial charge in [-0.25, -0.2) is 0 Å². The first-order chi connectivity index (χ1) is 7.70. The van der Waals surface area contributed by atoms with Gasteiger partial charge in [-0.1, -0.05) is 13.8 Å². The number of hydrogen-bond acceptors (Lipinski definition) is 3. The minimum absolute atomic E-state index is 0.776. The van der Waals surface area contributed by atoms with Crippen LogP contribution >= 0.6 is 0 Å². The van der Waals surface area contributed by atoms with E-state index in [-0.39, 0.29) is 0 Å². The normalized spacial score (nSPS) is 38.1. The van der Waals surface area contributed by atoms with Crippen molar-refractivity contribution in [2.45, 2.75) is 26.3 Å². The van der Waals surface area contributed by atoms with Gasteiger partial charge in [0.25, 0.3) is 0 Å². The number of likely N-dealkylation sites (N-methyl/N-ethyl adjacent to an activating group) is 1. The lowest BCUT2D eigenvalue weighted by molar-refractivity contribution is 0.0793. The summed E-state index contributed by atoms with van der Waals surface area (Å²) in [6.45, 7) is 12.2. The highest BCUT2D eigenvalue weighted by atomic mass is 15.3. The van der Waals surface area contributed by atoms with Crippen LogP contribution in [-0.4, -0.2) is 62.2 Å². The number of hydrogen-bond donors (Lipinski definition) is 1. The van der Waals surface area contributed by atoms with E-state index >= 15 is 0 Å². The quantitative estimate of drug-likeness (QED) is 0.769. The molecule has 0 bridgehead atoms. The van der Waals surface area contributed by atoms with Crippen molar-refractivity contribution >= 4 is 0 Å². The monoisotopic (exact) mass is 225 g/mol. The fourth-order valence-electron chi connectivity index (χ4n) is 3.06. The van der Waals surface area contributed by atoms with Gasteiger partial charge in [0, 0.05) is 32.2 Å². The third-order valence-electron chi connectivity index (χ3n) is 4.50. The fourth-order valence-corrected chi connectivity index (χ4v) is 3.06. The van der Waals surface area contributed by atoms with Crippen molar-refractivity contribution < 1.29 is 0 Å². The van der Waals surface area contributed by atoms with Crippen LogP contribution in [-0.2, 0) is 0 Å². The molecule has 2 fully saturated rings. The van der Waals surface area contributed by atoms with Crippen molar-refractivity contribution in [2.75, 3.05) is 46.3 Å². The minimum atomic E-state index is 0.776. The van der Waals surface area contributed by atoms with E-state index in [9.17, 15) is 0 Å². The van der Waals surface area contributed by atoms with E-state index in [1.54, 1.807) is 0 Å². The van der Waals surface area contributed by atoms with Gasteiger partial charge in [-0.3, -0.25) is 0 Å². The number of piperazine rings is 1. The molecule has 0 aromatic rings. The predicted octanol–water partition coefficient (Wildman–Crippen LogP) is 0.868. The average molecular weight is 225 g/mol. The molecule has 1 unspecified atom stereocenters. The van der Waals surface area contributed by atoms with Gasteiger partial charge in [0.1, 0.15) is 0 Å². The summed E-state index contributed by atoms with van der Waals surface area (Å²) in [6.07, 6.45) is 1.28. The zero-order valence-electron chi connectivity index (χ0n) is 11.1. The molecule has 94 valence electrons. The van der Waals surface area contributed by atoms with Gasteiger partial charge in [0.15, 0.2) is 0 Å². The summed E-state index contributed by atoms with van der Waals surface area (Å²) in [5.41, 5.74) is 0. The molecule has 0 aromatic heterocycles. The summed E-state index contributed by atoms with van der Waals surface area (Å²) in [7, 11) is 2.27. The molecule has 2 heterocycles. The molecule has 1 N–H and O–H groups in total. The van der Waals surface area contributed by atoms with Gasteiger partial charge < -0.3 is 15.1 Å². The zero-order valence-corrected chi connectivity index (χ0v) is 11.1. The first kappa shape index (κ1) is 12.3. The van der Waals surface area contributed by atoms with Crippen molar-refractivity contribution in [3.8, 4) is 0 Å². The molecule has 0 spiro atoms. The molecule has 3 nitrogen and oxygen atoms in total. The molecule has 2 saturated heterocycles. The van der Waals surface area contributed by atoms with Crippen LogP contribution in [0.2, 0.25) is 0 Å². The fraction of sp³-hybridized carbons (Fsp3) is 1.00. The molecule has 3 atom stereocenters. The Morgan fingerprint density at radius 3 is 2.69 bits per heavy atom. The largest absolute Gasteiger partial charge is 0.316 e. The first-order valence-corrected chi connectivity index (χ1v) is 6.84. The van der Waals surface area contributed by atoms with E-state index in [0.29, 0.717) is 0 Å². The number of rotatable bonds is 3. The highest BCUT2D eigenvalue weighted by Gasteiger charge is 2.28. The SMILES string of the molecule is CCC1CN(C[C@@H]2CNC[C@H]2C)CCN1C. The van der Waals surface area contributed by atoms with E-state index in [4.69, 9.17) is 0 Å². The Morgan fingerprint density at radius 2 is 2.06 bits per heavy atom. The Bertz CT molecular complexity index is 219. The van der Waals surface area contributed by atoms with Crippen molar-refractivity contribution in [2.24, 2.45) is 11.8 Å². The van der Waals surface area contributed by atoms with E-state index in [0.717, 1.165) is 17.9 Å². The standard InChI is InChI=1S/C13H27N3/c1-4-13-10-16(6-5-15(13)3)9-12-8-14-7-11(12)2/h11-14H,4-10H2,1-3H3/t11-,12+,13?/m1/s1. The van der Waals surface area contributed by atoms with Crippen LogP contribution in [0.4, 0.5) is 0 Å². The highest BCUT2D eigenvalue weighted by Crippen LogP contribution is 2.19. The Kier molecular flexibility index (Phi) is 4.22. The summed E-state index contributed by atoms with van der Waals surface area (Å²) in [4.78, 5) is 5.20. The summed E-state index contributed by atoms with van der Waals surface area (Å²) >= 11 is 0. The maximum Gasteiger partial charge on any atom is 0.0218 e. The second-order valence-corrected chi connectivity index (χ2v) is 5.70. The van der Waals surface area contributed by atoms with Gasteiger partial charge in [-0.15, -0.1) is 0 Å². The van der Waals surface area contributed by atoms with Crippen molar-refractivity contribution in [1.29, 1.82) is 0 Å². The van der Waals surface area contributed by atoms with E-state index in [2.05, 4.69) is 36.0 Å². The molecule has 2 rings (SSSR count). The van der Waals surface area contributed by atoms with E-state index < -0.39 is 0 Å². The number of nitrogens with one attached hydrogen (secondary N) is 1. The van der Waals surface area contributed by atoms with Crippen LogP contribution in [0.3, 0.4) is 0 Å². The smallest absolute Gasteiger partial charge is 0.0218 e. The van der Waals surface area contributed by atoms with Crippen LogP contribution in [0.15, 0.2) is 0 Å². The topological polar surface area (TPSA) is 18.5 Å². The summed E-state index contributed by atoms with van der Waals surface area (Å²) < 4.78 is 0. The summed E-state index contributed by atoms with van der Waals surface area (Å²) in [5, 5.41) is 3.51. The van der Waals surface area contributed by atoms with Crippen molar-refractivity contribution in [3.05, 3.63) is 0 Å². The van der Waals surface area contributed by atoms with Crippen LogP contribution in [0.25, 0.3) is 0 Å². The van der Waals surface area contributed by atoms with Gasteiger partial charge >= 0.3 is 0 Å². The molecule has 0 saturated carbocycles. The van der Waals surface area contributed by atoms with Crippen LogP contribution < -0.4 is 5.32 Å². The van der Waals surface area contributed by atoms with Gasteiger partial charge in [-0.2, -0.15) is 0 Å². The summed E-state index contributed by atoms with van der Waals surface area (Å²) in [6, 6.07) is 0.776. The van der Waals surface area contributed by atoms with Gasteiger partial charge in [-0.05, 0) is 38.4 Å². The molecule has 3 heteroatoms. The lowest BCUT2D eigenvalue weighted by Crippen LogP contribution is -2.52. The van der Waals surface area contributed by atoms with Crippen LogP contribution in [0, 0.1) is 11.8 Å². The number of nitrogens with zero attached hydrogens (tertiary/aromatic N) is 2. The summed E-state index contributed by atoms with van der Waals surface area (Å²) in [5.74, 6) is 1.74. The lowest BCUT2D eigenvalue weighted by Gasteiger charge is -2.40. The molecule has 0 amide bonds. The van der Waals surface area contributed by atoms with Gasteiger partial charge in [0.2, 0.25) is 0 Å². The molecule has 16 heavy (non-hydrogen) atoms. The zero-order chi connectivity index (χ0) is 11.5.